The SMILES string of the molecule is NNC(CSc1cccc(Br)c1)c1c(F)ccc(Br)c1F. The second-order valence-corrected chi connectivity index (χ2v) is 7.11. The average molecular weight is 438 g/mol. The number of hydrazine groups is 1. The third-order valence-corrected chi connectivity index (χ3v) is 5.03. The van der Waals surface area contributed by atoms with Gasteiger partial charge in [-0.2, -0.15) is 0 Å². The van der Waals surface area contributed by atoms with E-state index in [1.165, 1.54) is 23.9 Å². The topological polar surface area (TPSA) is 38.0 Å². The van der Waals surface area contributed by atoms with Gasteiger partial charge in [0.15, 0.2) is 0 Å². The molecule has 21 heavy (non-hydrogen) atoms. The molecule has 7 heteroatoms. The van der Waals surface area contributed by atoms with Crippen LogP contribution in [0.15, 0.2) is 50.2 Å². The number of rotatable bonds is 5. The van der Waals surface area contributed by atoms with Crippen molar-refractivity contribution >= 4 is 43.6 Å². The molecule has 0 aliphatic carbocycles. The van der Waals surface area contributed by atoms with Crippen LogP contribution in [0.25, 0.3) is 0 Å². The lowest BCUT2D eigenvalue weighted by molar-refractivity contribution is 0.497. The van der Waals surface area contributed by atoms with Crippen molar-refractivity contribution in [3.8, 4) is 0 Å². The van der Waals surface area contributed by atoms with Crippen LogP contribution >= 0.6 is 43.6 Å². The molecule has 0 aliphatic rings. The lowest BCUT2D eigenvalue weighted by atomic mass is 10.1. The molecule has 2 rings (SSSR count). The lowest BCUT2D eigenvalue weighted by Crippen LogP contribution is -2.31. The van der Waals surface area contributed by atoms with E-state index < -0.39 is 17.7 Å². The molecule has 0 fully saturated rings. The number of nitrogens with two attached hydrogens (primary N) is 1. The fraction of sp³-hybridized carbons (Fsp3) is 0.143. The van der Waals surface area contributed by atoms with E-state index in [1.807, 2.05) is 24.3 Å². The highest BCUT2D eigenvalue weighted by Crippen LogP contribution is 2.31. The summed E-state index contributed by atoms with van der Waals surface area (Å²) in [5.74, 6) is 4.62. The molecule has 0 spiro atoms. The van der Waals surface area contributed by atoms with Crippen molar-refractivity contribution in [2.75, 3.05) is 5.75 Å². The van der Waals surface area contributed by atoms with Gasteiger partial charge in [0, 0.05) is 20.7 Å². The highest BCUT2D eigenvalue weighted by molar-refractivity contribution is 9.10. The Balaban J connectivity index is 2.19. The minimum Gasteiger partial charge on any atom is -0.271 e. The zero-order valence-corrected chi connectivity index (χ0v) is 14.7. The van der Waals surface area contributed by atoms with Gasteiger partial charge in [-0.15, -0.1) is 11.8 Å². The molecule has 0 amide bonds. The van der Waals surface area contributed by atoms with Crippen LogP contribution in [0.5, 0.6) is 0 Å². The van der Waals surface area contributed by atoms with Gasteiger partial charge in [0.05, 0.1) is 10.5 Å². The minimum atomic E-state index is -0.633. The number of hydrogen-bond donors (Lipinski definition) is 2. The first-order valence-corrected chi connectivity index (χ1v) is 8.58. The second-order valence-electron chi connectivity index (χ2n) is 4.24. The molecule has 1 unspecified atom stereocenters. The zero-order chi connectivity index (χ0) is 15.4. The molecule has 0 aliphatic heterocycles. The monoisotopic (exact) mass is 436 g/mol. The molecule has 0 aromatic heterocycles. The maximum atomic E-state index is 14.1. The summed E-state index contributed by atoms with van der Waals surface area (Å²) in [7, 11) is 0. The van der Waals surface area contributed by atoms with Crippen molar-refractivity contribution in [3.63, 3.8) is 0 Å². The van der Waals surface area contributed by atoms with E-state index >= 15 is 0 Å². The first-order valence-electron chi connectivity index (χ1n) is 6.01. The van der Waals surface area contributed by atoms with Gasteiger partial charge < -0.3 is 0 Å². The first kappa shape index (κ1) is 16.9. The molecular formula is C14H12Br2F2N2S. The normalized spacial score (nSPS) is 12.4. The van der Waals surface area contributed by atoms with Crippen LogP contribution in [0.1, 0.15) is 11.6 Å². The number of thioether (sulfide) groups is 1. The van der Waals surface area contributed by atoms with Gasteiger partial charge in [0.1, 0.15) is 11.6 Å². The van der Waals surface area contributed by atoms with E-state index in [-0.39, 0.29) is 10.0 Å². The van der Waals surface area contributed by atoms with Crippen molar-refractivity contribution in [2.45, 2.75) is 10.9 Å². The van der Waals surface area contributed by atoms with Crippen molar-refractivity contribution in [3.05, 3.63) is 62.5 Å². The summed E-state index contributed by atoms with van der Waals surface area (Å²) < 4.78 is 29.1. The van der Waals surface area contributed by atoms with E-state index in [1.54, 1.807) is 0 Å². The van der Waals surface area contributed by atoms with Crippen molar-refractivity contribution < 1.29 is 8.78 Å². The van der Waals surface area contributed by atoms with Crippen LogP contribution in [-0.4, -0.2) is 5.75 Å². The maximum absolute atomic E-state index is 14.1. The van der Waals surface area contributed by atoms with E-state index in [2.05, 4.69) is 37.3 Å². The Morgan fingerprint density at radius 1 is 1.19 bits per heavy atom. The second kappa shape index (κ2) is 7.69. The van der Waals surface area contributed by atoms with Crippen LogP contribution in [0, 0.1) is 11.6 Å². The van der Waals surface area contributed by atoms with Gasteiger partial charge in [-0.3, -0.25) is 11.3 Å². The highest BCUT2D eigenvalue weighted by Gasteiger charge is 2.21. The lowest BCUT2D eigenvalue weighted by Gasteiger charge is -2.18. The van der Waals surface area contributed by atoms with Gasteiger partial charge in [0.2, 0.25) is 0 Å². The molecule has 3 N–H and O–H groups in total. The van der Waals surface area contributed by atoms with Gasteiger partial charge >= 0.3 is 0 Å². The highest BCUT2D eigenvalue weighted by atomic mass is 79.9. The van der Waals surface area contributed by atoms with Crippen molar-refractivity contribution in [1.29, 1.82) is 0 Å². The van der Waals surface area contributed by atoms with Gasteiger partial charge in [-0.1, -0.05) is 22.0 Å². The van der Waals surface area contributed by atoms with Gasteiger partial charge in [0.25, 0.3) is 0 Å². The van der Waals surface area contributed by atoms with Crippen LogP contribution < -0.4 is 11.3 Å². The first-order chi connectivity index (χ1) is 10.0. The van der Waals surface area contributed by atoms with Crippen LogP contribution in [-0.2, 0) is 0 Å². The number of benzene rings is 2. The molecule has 0 saturated heterocycles. The molecular weight excluding hydrogens is 426 g/mol. The van der Waals surface area contributed by atoms with Crippen molar-refractivity contribution in [2.24, 2.45) is 5.84 Å². The molecule has 0 bridgehead atoms. The molecule has 2 nitrogen and oxygen atoms in total. The standard InChI is InChI=1S/C14H12Br2F2N2S/c15-8-2-1-3-9(6-8)21-7-12(20-19)13-11(17)5-4-10(16)14(13)18/h1-6,12,20H,7,19H2. The maximum Gasteiger partial charge on any atom is 0.145 e. The number of nitrogens with one attached hydrogen (secondary N) is 1. The summed E-state index contributed by atoms with van der Waals surface area (Å²) in [6.45, 7) is 0. The van der Waals surface area contributed by atoms with E-state index in [0.717, 1.165) is 9.37 Å². The van der Waals surface area contributed by atoms with E-state index in [4.69, 9.17) is 5.84 Å². The molecule has 0 saturated carbocycles. The Hall–Kier alpha value is -0.470. The Bertz CT molecular complexity index is 640. The average Bonchev–Trinajstić information content (AvgIpc) is 2.46. The summed E-state index contributed by atoms with van der Waals surface area (Å²) >= 11 is 7.91. The fourth-order valence-electron chi connectivity index (χ4n) is 1.81. The molecule has 2 aromatic rings. The fourth-order valence-corrected chi connectivity index (χ4v) is 3.72. The summed E-state index contributed by atoms with van der Waals surface area (Å²) in [4.78, 5) is 0.987. The van der Waals surface area contributed by atoms with Crippen LogP contribution in [0.3, 0.4) is 0 Å². The molecule has 1 atom stereocenters. The largest absolute Gasteiger partial charge is 0.271 e. The van der Waals surface area contributed by atoms with Gasteiger partial charge in [-0.05, 0) is 46.3 Å². The van der Waals surface area contributed by atoms with E-state index in [0.29, 0.717) is 5.75 Å². The van der Waals surface area contributed by atoms with E-state index in [9.17, 15) is 8.78 Å². The molecule has 2 aromatic carbocycles. The Kier molecular flexibility index (Phi) is 6.19. The van der Waals surface area contributed by atoms with Crippen molar-refractivity contribution in [1.82, 2.24) is 5.43 Å². The predicted molar refractivity (Wildman–Crippen MR) is 89.0 cm³/mol. The Morgan fingerprint density at radius 2 is 1.95 bits per heavy atom. The summed E-state index contributed by atoms with van der Waals surface area (Å²) in [5.41, 5.74) is 2.42. The Labute approximate surface area is 142 Å². The third kappa shape index (κ3) is 4.26. The summed E-state index contributed by atoms with van der Waals surface area (Å²) in [5, 5.41) is 0. The molecule has 0 heterocycles. The van der Waals surface area contributed by atoms with Crippen LogP contribution in [0.4, 0.5) is 8.78 Å². The number of halogens is 4. The summed E-state index contributed by atoms with van der Waals surface area (Å²) in [6, 6.07) is 9.60. The molecule has 112 valence electrons. The zero-order valence-electron chi connectivity index (χ0n) is 10.7. The minimum absolute atomic E-state index is 0.0608. The summed E-state index contributed by atoms with van der Waals surface area (Å²) in [6.07, 6.45) is 0. The quantitative estimate of drug-likeness (QED) is 0.305. The predicted octanol–water partition coefficient (Wildman–Crippen LogP) is 4.79. The number of hydrogen-bond acceptors (Lipinski definition) is 3. The third-order valence-electron chi connectivity index (χ3n) is 2.84. The molecule has 0 radical (unpaired) electrons. The van der Waals surface area contributed by atoms with Gasteiger partial charge in [-0.25, -0.2) is 8.78 Å². The Morgan fingerprint density at radius 3 is 2.62 bits per heavy atom. The smallest absolute Gasteiger partial charge is 0.145 e. The van der Waals surface area contributed by atoms with Crippen LogP contribution in [0.2, 0.25) is 0 Å².